The third-order valence-corrected chi connectivity index (χ3v) is 5.17. The van der Waals surface area contributed by atoms with Crippen molar-refractivity contribution in [1.29, 1.82) is 0 Å². The van der Waals surface area contributed by atoms with Gasteiger partial charge >= 0.3 is 0 Å². The molecule has 2 aliphatic heterocycles. The third-order valence-electron chi connectivity index (χ3n) is 5.17. The maximum Gasteiger partial charge on any atom is 0.257 e. The fraction of sp³-hybridized carbons (Fsp3) is 0.611. The molecule has 1 atom stereocenters. The molecule has 2 aliphatic rings. The zero-order chi connectivity index (χ0) is 17.2. The normalized spacial score (nSPS) is 25.2. The highest BCUT2D eigenvalue weighted by atomic mass is 19.1. The second kappa shape index (κ2) is 7.15. The van der Waals surface area contributed by atoms with Crippen LogP contribution in [0, 0.1) is 17.6 Å². The van der Waals surface area contributed by atoms with Gasteiger partial charge in [0.25, 0.3) is 5.91 Å². The van der Waals surface area contributed by atoms with Gasteiger partial charge in [0.2, 0.25) is 0 Å². The van der Waals surface area contributed by atoms with E-state index < -0.39 is 11.4 Å². The van der Waals surface area contributed by atoms with E-state index in [1.807, 2.05) is 0 Å². The minimum absolute atomic E-state index is 0.141. The van der Waals surface area contributed by atoms with Crippen molar-refractivity contribution in [2.24, 2.45) is 5.92 Å². The van der Waals surface area contributed by atoms with Crippen LogP contribution in [-0.4, -0.2) is 47.8 Å². The Balaban J connectivity index is 1.57. The molecule has 3 rings (SSSR count). The molecule has 0 radical (unpaired) electrons. The van der Waals surface area contributed by atoms with Gasteiger partial charge in [-0.1, -0.05) is 0 Å². The molecule has 1 aromatic rings. The quantitative estimate of drug-likeness (QED) is 0.916. The number of nitrogens with zero attached hydrogens (tertiary/aromatic N) is 1. The van der Waals surface area contributed by atoms with Gasteiger partial charge in [-0.3, -0.25) is 4.79 Å². The van der Waals surface area contributed by atoms with E-state index in [9.17, 15) is 18.7 Å². The zero-order valence-corrected chi connectivity index (χ0v) is 13.6. The standard InChI is InChI=1S/C18H23F2NO3/c19-15-2-3-16(20)14(11-15)10-13-4-7-21(8-5-13)17(23)18(12-22)6-1-9-24-18/h2-3,11,13,22H,1,4-10,12H2. The summed E-state index contributed by atoms with van der Waals surface area (Å²) >= 11 is 0. The first kappa shape index (κ1) is 17.3. The third kappa shape index (κ3) is 3.44. The zero-order valence-electron chi connectivity index (χ0n) is 13.6. The first-order valence-electron chi connectivity index (χ1n) is 8.52. The number of aliphatic hydroxyl groups excluding tert-OH is 1. The van der Waals surface area contributed by atoms with Crippen molar-refractivity contribution in [2.75, 3.05) is 26.3 Å². The second-order valence-corrected chi connectivity index (χ2v) is 6.78. The van der Waals surface area contributed by atoms with Crippen molar-refractivity contribution in [3.05, 3.63) is 35.4 Å². The number of halogens is 2. The van der Waals surface area contributed by atoms with Crippen LogP contribution in [-0.2, 0) is 16.0 Å². The van der Waals surface area contributed by atoms with Crippen LogP contribution in [0.2, 0.25) is 0 Å². The van der Waals surface area contributed by atoms with Crippen LogP contribution in [0.3, 0.4) is 0 Å². The Kier molecular flexibility index (Phi) is 5.15. The lowest BCUT2D eigenvalue weighted by Crippen LogP contribution is -2.53. The van der Waals surface area contributed by atoms with Crippen molar-refractivity contribution in [3.8, 4) is 0 Å². The van der Waals surface area contributed by atoms with E-state index in [0.29, 0.717) is 38.1 Å². The molecule has 2 fully saturated rings. The van der Waals surface area contributed by atoms with Gasteiger partial charge in [0, 0.05) is 19.7 Å². The average Bonchev–Trinajstić information content (AvgIpc) is 3.08. The maximum absolute atomic E-state index is 13.8. The summed E-state index contributed by atoms with van der Waals surface area (Å²) < 4.78 is 32.5. The molecule has 132 valence electrons. The smallest absolute Gasteiger partial charge is 0.257 e. The Morgan fingerprint density at radius 1 is 1.33 bits per heavy atom. The van der Waals surface area contributed by atoms with Crippen LogP contribution in [0.5, 0.6) is 0 Å². The van der Waals surface area contributed by atoms with E-state index in [0.717, 1.165) is 31.4 Å². The number of piperidine rings is 1. The van der Waals surface area contributed by atoms with Gasteiger partial charge in [-0.15, -0.1) is 0 Å². The summed E-state index contributed by atoms with van der Waals surface area (Å²) in [6.45, 7) is 1.33. The van der Waals surface area contributed by atoms with E-state index in [1.165, 1.54) is 6.07 Å². The highest BCUT2D eigenvalue weighted by Gasteiger charge is 2.45. The molecular formula is C18H23F2NO3. The van der Waals surface area contributed by atoms with Crippen molar-refractivity contribution in [2.45, 2.75) is 37.7 Å². The molecule has 4 nitrogen and oxygen atoms in total. The summed E-state index contributed by atoms with van der Waals surface area (Å²) in [6.07, 6.45) is 3.29. The van der Waals surface area contributed by atoms with Crippen LogP contribution >= 0.6 is 0 Å². The molecule has 2 heterocycles. The van der Waals surface area contributed by atoms with Gasteiger partial charge < -0.3 is 14.7 Å². The number of hydrogen-bond donors (Lipinski definition) is 1. The first-order chi connectivity index (χ1) is 11.5. The highest BCUT2D eigenvalue weighted by Crippen LogP contribution is 2.30. The van der Waals surface area contributed by atoms with Crippen LogP contribution in [0.15, 0.2) is 18.2 Å². The fourth-order valence-corrected chi connectivity index (χ4v) is 3.70. The van der Waals surface area contributed by atoms with Gasteiger partial charge in [-0.2, -0.15) is 0 Å². The molecule has 6 heteroatoms. The summed E-state index contributed by atoms with van der Waals surface area (Å²) in [5, 5.41) is 9.57. The average molecular weight is 339 g/mol. The highest BCUT2D eigenvalue weighted by molar-refractivity contribution is 5.85. The predicted molar refractivity (Wildman–Crippen MR) is 84.4 cm³/mol. The minimum atomic E-state index is -1.07. The van der Waals surface area contributed by atoms with Crippen LogP contribution < -0.4 is 0 Å². The summed E-state index contributed by atoms with van der Waals surface area (Å²) in [5.74, 6) is -0.728. The van der Waals surface area contributed by atoms with Crippen molar-refractivity contribution in [1.82, 2.24) is 4.90 Å². The monoisotopic (exact) mass is 339 g/mol. The molecule has 0 aliphatic carbocycles. The van der Waals surface area contributed by atoms with Crippen molar-refractivity contribution in [3.63, 3.8) is 0 Å². The predicted octanol–water partition coefficient (Wildman–Crippen LogP) is 2.29. The minimum Gasteiger partial charge on any atom is -0.393 e. The van der Waals surface area contributed by atoms with Crippen molar-refractivity contribution < 1.29 is 23.4 Å². The van der Waals surface area contributed by atoms with Crippen LogP contribution in [0.1, 0.15) is 31.2 Å². The van der Waals surface area contributed by atoms with Crippen LogP contribution in [0.4, 0.5) is 8.78 Å². The number of ether oxygens (including phenoxy) is 1. The van der Waals surface area contributed by atoms with E-state index in [4.69, 9.17) is 4.74 Å². The largest absolute Gasteiger partial charge is 0.393 e. The SMILES string of the molecule is O=C(N1CCC(Cc2cc(F)ccc2F)CC1)C1(CO)CCCO1. The first-order valence-corrected chi connectivity index (χ1v) is 8.52. The van der Waals surface area contributed by atoms with Gasteiger partial charge in [-0.05, 0) is 61.8 Å². The van der Waals surface area contributed by atoms with Crippen LogP contribution in [0.25, 0.3) is 0 Å². The molecule has 2 saturated heterocycles. The topological polar surface area (TPSA) is 49.8 Å². The summed E-state index contributed by atoms with van der Waals surface area (Å²) in [7, 11) is 0. The summed E-state index contributed by atoms with van der Waals surface area (Å²) in [6, 6.07) is 3.53. The van der Waals surface area contributed by atoms with E-state index in [2.05, 4.69) is 0 Å². The van der Waals surface area contributed by atoms with E-state index in [1.54, 1.807) is 4.90 Å². The Morgan fingerprint density at radius 2 is 2.08 bits per heavy atom. The summed E-state index contributed by atoms with van der Waals surface area (Å²) in [4.78, 5) is 14.4. The molecule has 1 aromatic carbocycles. The number of benzene rings is 1. The molecular weight excluding hydrogens is 316 g/mol. The molecule has 24 heavy (non-hydrogen) atoms. The fourth-order valence-electron chi connectivity index (χ4n) is 3.70. The van der Waals surface area contributed by atoms with Gasteiger partial charge in [0.05, 0.1) is 6.61 Å². The molecule has 0 spiro atoms. The lowest BCUT2D eigenvalue weighted by Gasteiger charge is -2.37. The number of likely N-dealkylation sites (tertiary alicyclic amines) is 1. The van der Waals surface area contributed by atoms with Gasteiger partial charge in [0.1, 0.15) is 11.6 Å². The summed E-state index contributed by atoms with van der Waals surface area (Å²) in [5.41, 5.74) is -0.674. The number of aliphatic hydroxyl groups is 1. The van der Waals surface area contributed by atoms with E-state index in [-0.39, 0.29) is 24.2 Å². The number of amides is 1. The number of rotatable bonds is 4. The lowest BCUT2D eigenvalue weighted by atomic mass is 9.88. The number of hydrogen-bond acceptors (Lipinski definition) is 3. The van der Waals surface area contributed by atoms with Crippen molar-refractivity contribution >= 4 is 5.91 Å². The molecule has 0 aromatic heterocycles. The Hall–Kier alpha value is -1.53. The van der Waals surface area contributed by atoms with E-state index >= 15 is 0 Å². The number of carbonyl (C=O) groups is 1. The maximum atomic E-state index is 13.8. The molecule has 0 saturated carbocycles. The molecule has 1 N–H and O–H groups in total. The van der Waals surface area contributed by atoms with Gasteiger partial charge in [0.15, 0.2) is 5.60 Å². The molecule has 1 unspecified atom stereocenters. The van der Waals surface area contributed by atoms with Gasteiger partial charge in [-0.25, -0.2) is 8.78 Å². The Morgan fingerprint density at radius 3 is 2.71 bits per heavy atom. The Labute approximate surface area is 140 Å². The Bertz CT molecular complexity index is 594. The molecule has 0 bridgehead atoms. The molecule has 1 amide bonds. The number of carbonyl (C=O) groups excluding carboxylic acids is 1. The lowest BCUT2D eigenvalue weighted by molar-refractivity contribution is -0.158. The second-order valence-electron chi connectivity index (χ2n) is 6.78.